The number of carboxylic acids is 1. The summed E-state index contributed by atoms with van der Waals surface area (Å²) >= 11 is 2.68. The molecule has 0 aliphatic carbocycles. The van der Waals surface area contributed by atoms with Crippen molar-refractivity contribution in [3.05, 3.63) is 23.2 Å². The lowest BCUT2D eigenvalue weighted by atomic mass is 10.0. The van der Waals surface area contributed by atoms with Crippen molar-refractivity contribution in [1.29, 1.82) is 0 Å². The molecule has 2 atom stereocenters. The third-order valence-corrected chi connectivity index (χ3v) is 5.57. The number of thiazole rings is 1. The number of ether oxygens (including phenoxy) is 1. The average molecular weight is 386 g/mol. The number of thioether (sulfide) groups is 1. The largest absolute Gasteiger partial charge is 0.476 e. The van der Waals surface area contributed by atoms with Crippen LogP contribution in [0.3, 0.4) is 0 Å². The molecule has 1 aromatic heterocycles. The van der Waals surface area contributed by atoms with E-state index in [0.717, 1.165) is 0 Å². The number of carbonyl (C=O) groups is 2. The number of hydrogen-bond donors (Lipinski definition) is 2. The fourth-order valence-electron chi connectivity index (χ4n) is 2.32. The molecule has 2 N–H and O–H groups in total. The van der Waals surface area contributed by atoms with Crippen LogP contribution in [0.2, 0.25) is 0 Å². The zero-order valence-electron chi connectivity index (χ0n) is 14.3. The van der Waals surface area contributed by atoms with Gasteiger partial charge in [0.2, 0.25) is 0 Å². The van der Waals surface area contributed by atoms with Gasteiger partial charge in [0.15, 0.2) is 10.0 Å². The number of aliphatic hydroxyl groups is 1. The van der Waals surface area contributed by atoms with Gasteiger partial charge in [0.05, 0.1) is 11.6 Å². The van der Waals surface area contributed by atoms with Crippen LogP contribution in [0.1, 0.15) is 37.7 Å². The normalized spacial score (nSPS) is 21.1. The molecule has 1 saturated heterocycles. The van der Waals surface area contributed by atoms with E-state index in [1.165, 1.54) is 28.5 Å². The maximum absolute atomic E-state index is 12.0. The Morgan fingerprint density at radius 1 is 1.56 bits per heavy atom. The summed E-state index contributed by atoms with van der Waals surface area (Å²) in [6.07, 6.45) is 3.63. The first-order chi connectivity index (χ1) is 11.7. The highest BCUT2D eigenvalue weighted by Crippen LogP contribution is 2.26. The molecule has 138 valence electrons. The zero-order chi connectivity index (χ0) is 18.6. The second-order valence-electron chi connectivity index (χ2n) is 6.37. The Balaban J connectivity index is 1.91. The van der Waals surface area contributed by atoms with E-state index in [4.69, 9.17) is 9.84 Å². The van der Waals surface area contributed by atoms with Crippen LogP contribution in [0.4, 0.5) is 4.79 Å². The van der Waals surface area contributed by atoms with Gasteiger partial charge in [-0.15, -0.1) is 11.3 Å². The molecule has 2 unspecified atom stereocenters. The van der Waals surface area contributed by atoms with E-state index in [2.05, 4.69) is 4.98 Å². The average Bonchev–Trinajstić information content (AvgIpc) is 3.05. The summed E-state index contributed by atoms with van der Waals surface area (Å²) in [6, 6.07) is -0.179. The number of aromatic nitrogens is 1. The zero-order valence-corrected chi connectivity index (χ0v) is 16.0. The van der Waals surface area contributed by atoms with Crippen LogP contribution in [-0.4, -0.2) is 62.2 Å². The number of rotatable bonds is 8. The molecule has 2 rings (SSSR count). The van der Waals surface area contributed by atoms with Crippen LogP contribution >= 0.6 is 23.1 Å². The molecule has 9 heteroatoms. The minimum absolute atomic E-state index is 0.0362. The highest BCUT2D eigenvalue weighted by molar-refractivity contribution is 8.01. The number of hydrogen-bond acceptors (Lipinski definition) is 7. The van der Waals surface area contributed by atoms with Crippen molar-refractivity contribution in [2.45, 2.75) is 49.3 Å². The Morgan fingerprint density at radius 2 is 2.28 bits per heavy atom. The number of carboxylic acid groups (broad SMARTS) is 1. The summed E-state index contributed by atoms with van der Waals surface area (Å²) in [4.78, 5) is 28.5. The molecular weight excluding hydrogens is 364 g/mol. The standard InChI is InChI=1S/C16H22N2O5S2/c1-10-12(5-4-6-16(2,3)22)18(15(21)23-10)7-8-24-14-17-11(9-25-14)13(19)20/h4-5,9-10,12,22H,6-8H2,1-3H3,(H,19,20). The molecule has 1 fully saturated rings. The predicted molar refractivity (Wildman–Crippen MR) is 96.3 cm³/mol. The SMILES string of the molecule is CC1OC(=O)N(CCSc2nc(C(=O)O)cs2)C1C=CCC(C)(C)O. The Kier molecular flexibility index (Phi) is 6.47. The van der Waals surface area contributed by atoms with Gasteiger partial charge in [0.25, 0.3) is 0 Å². The molecule has 0 aromatic carbocycles. The van der Waals surface area contributed by atoms with Gasteiger partial charge in [0, 0.05) is 17.7 Å². The van der Waals surface area contributed by atoms with E-state index in [9.17, 15) is 14.7 Å². The lowest BCUT2D eigenvalue weighted by molar-refractivity contribution is 0.0690. The minimum atomic E-state index is -1.04. The highest BCUT2D eigenvalue weighted by atomic mass is 32.2. The molecule has 0 radical (unpaired) electrons. The summed E-state index contributed by atoms with van der Waals surface area (Å²) in [7, 11) is 0. The number of carbonyl (C=O) groups excluding carboxylic acids is 1. The van der Waals surface area contributed by atoms with Gasteiger partial charge >= 0.3 is 12.1 Å². The van der Waals surface area contributed by atoms with Crippen molar-refractivity contribution in [2.24, 2.45) is 0 Å². The number of aromatic carboxylic acids is 1. The van der Waals surface area contributed by atoms with Crippen molar-refractivity contribution >= 4 is 35.2 Å². The van der Waals surface area contributed by atoms with Crippen molar-refractivity contribution in [3.8, 4) is 0 Å². The third-order valence-electron chi connectivity index (χ3n) is 3.57. The first-order valence-corrected chi connectivity index (χ1v) is 9.72. The lowest BCUT2D eigenvalue weighted by Crippen LogP contribution is -2.36. The monoisotopic (exact) mass is 386 g/mol. The molecular formula is C16H22N2O5S2. The van der Waals surface area contributed by atoms with E-state index in [1.54, 1.807) is 18.7 Å². The maximum Gasteiger partial charge on any atom is 0.410 e. The molecule has 1 amide bonds. The quantitative estimate of drug-likeness (QED) is 0.523. The summed E-state index contributed by atoms with van der Waals surface area (Å²) < 4.78 is 5.94. The molecule has 0 spiro atoms. The second-order valence-corrected chi connectivity index (χ2v) is 8.57. The van der Waals surface area contributed by atoms with E-state index in [1.807, 2.05) is 19.1 Å². The molecule has 1 aromatic rings. The number of amides is 1. The Hall–Kier alpha value is -1.58. The van der Waals surface area contributed by atoms with E-state index >= 15 is 0 Å². The van der Waals surface area contributed by atoms with Crippen molar-refractivity contribution < 1.29 is 24.5 Å². The topological polar surface area (TPSA) is 100.0 Å². The van der Waals surface area contributed by atoms with Gasteiger partial charge in [0.1, 0.15) is 6.10 Å². The lowest BCUT2D eigenvalue weighted by Gasteiger charge is -2.21. The smallest absolute Gasteiger partial charge is 0.410 e. The first kappa shape index (κ1) is 19.7. The van der Waals surface area contributed by atoms with Crippen molar-refractivity contribution in [2.75, 3.05) is 12.3 Å². The summed E-state index contributed by atoms with van der Waals surface area (Å²) in [5.74, 6) is -0.457. The van der Waals surface area contributed by atoms with Crippen LogP contribution in [-0.2, 0) is 4.74 Å². The molecule has 7 nitrogen and oxygen atoms in total. The second kappa shape index (κ2) is 8.20. The molecule has 1 aliphatic rings. The maximum atomic E-state index is 12.0. The van der Waals surface area contributed by atoms with Crippen molar-refractivity contribution in [1.82, 2.24) is 9.88 Å². The fraction of sp³-hybridized carbons (Fsp3) is 0.562. The van der Waals surface area contributed by atoms with E-state index in [0.29, 0.717) is 23.1 Å². The molecule has 2 heterocycles. The van der Waals surface area contributed by atoms with Crippen LogP contribution in [0, 0.1) is 0 Å². The van der Waals surface area contributed by atoms with Crippen LogP contribution < -0.4 is 0 Å². The molecule has 0 bridgehead atoms. The molecule has 0 saturated carbocycles. The molecule has 1 aliphatic heterocycles. The third kappa shape index (κ3) is 5.72. The van der Waals surface area contributed by atoms with Gasteiger partial charge in [-0.1, -0.05) is 23.9 Å². The fourth-order valence-corrected chi connectivity index (χ4v) is 4.13. The summed E-state index contributed by atoms with van der Waals surface area (Å²) in [6.45, 7) is 5.76. The Bertz CT molecular complexity index is 653. The summed E-state index contributed by atoms with van der Waals surface area (Å²) in [5, 5.41) is 20.1. The van der Waals surface area contributed by atoms with E-state index < -0.39 is 11.6 Å². The van der Waals surface area contributed by atoms with Gasteiger partial charge in [-0.05, 0) is 27.2 Å². The van der Waals surface area contributed by atoms with Crippen LogP contribution in [0.5, 0.6) is 0 Å². The Morgan fingerprint density at radius 3 is 2.88 bits per heavy atom. The summed E-state index contributed by atoms with van der Waals surface area (Å²) in [5.41, 5.74) is -0.759. The van der Waals surface area contributed by atoms with Gasteiger partial charge in [-0.25, -0.2) is 14.6 Å². The predicted octanol–water partition coefficient (Wildman–Crippen LogP) is 2.86. The van der Waals surface area contributed by atoms with Crippen LogP contribution in [0.25, 0.3) is 0 Å². The first-order valence-electron chi connectivity index (χ1n) is 7.85. The Labute approximate surface area is 154 Å². The van der Waals surface area contributed by atoms with Gasteiger partial charge in [-0.2, -0.15) is 0 Å². The number of cyclic esters (lactones) is 1. The van der Waals surface area contributed by atoms with Crippen molar-refractivity contribution in [3.63, 3.8) is 0 Å². The van der Waals surface area contributed by atoms with E-state index in [-0.39, 0.29) is 23.9 Å². The van der Waals surface area contributed by atoms with Crippen LogP contribution in [0.15, 0.2) is 21.9 Å². The van der Waals surface area contributed by atoms with Gasteiger partial charge in [-0.3, -0.25) is 4.90 Å². The number of nitrogens with zero attached hydrogens (tertiary/aromatic N) is 2. The van der Waals surface area contributed by atoms with Gasteiger partial charge < -0.3 is 14.9 Å². The minimum Gasteiger partial charge on any atom is -0.476 e. The molecule has 25 heavy (non-hydrogen) atoms. The highest BCUT2D eigenvalue weighted by Gasteiger charge is 2.37.